The molecule has 134 valence electrons. The fourth-order valence-electron chi connectivity index (χ4n) is 3.34. The molecule has 0 spiro atoms. The second kappa shape index (κ2) is 7.39. The van der Waals surface area contributed by atoms with Gasteiger partial charge in [0.25, 0.3) is 11.8 Å². The molecule has 0 bridgehead atoms. The first-order valence-electron chi connectivity index (χ1n) is 8.57. The smallest absolute Gasteiger partial charge is 0.307 e. The first kappa shape index (κ1) is 17.7. The number of nitrogens with one attached hydrogen (secondary N) is 1. The number of aryl methyl sites for hydroxylation is 1. The van der Waals surface area contributed by atoms with Crippen LogP contribution in [0.25, 0.3) is 0 Å². The minimum absolute atomic E-state index is 0.199. The van der Waals surface area contributed by atoms with Crippen LogP contribution >= 0.6 is 11.3 Å². The molecule has 1 aromatic heterocycles. The number of anilines is 1. The number of primary amides is 1. The van der Waals surface area contributed by atoms with Crippen molar-refractivity contribution >= 4 is 34.1 Å². The van der Waals surface area contributed by atoms with Crippen molar-refractivity contribution in [2.75, 3.05) is 5.32 Å². The van der Waals surface area contributed by atoms with E-state index in [2.05, 4.69) is 11.4 Å². The fourth-order valence-corrected chi connectivity index (χ4v) is 4.64. The van der Waals surface area contributed by atoms with E-state index in [0.29, 0.717) is 10.6 Å². The number of hydrogen-bond acceptors (Lipinski definition) is 5. The van der Waals surface area contributed by atoms with Crippen LogP contribution in [0.4, 0.5) is 5.00 Å². The van der Waals surface area contributed by atoms with Crippen molar-refractivity contribution in [1.82, 2.24) is 0 Å². The van der Waals surface area contributed by atoms with Gasteiger partial charge >= 0.3 is 5.97 Å². The van der Waals surface area contributed by atoms with Crippen molar-refractivity contribution in [3.05, 3.63) is 28.2 Å². The molecule has 6 nitrogen and oxygen atoms in total. The third-order valence-electron chi connectivity index (χ3n) is 4.62. The zero-order valence-corrected chi connectivity index (χ0v) is 15.0. The summed E-state index contributed by atoms with van der Waals surface area (Å²) in [5.74, 6) is -1.17. The van der Waals surface area contributed by atoms with E-state index in [0.717, 1.165) is 42.5 Å². The SMILES string of the molecule is C[C@H](OC(=O)C[C@H]1C=CCC1)C(=O)Nc1sc2c(c1C(N)=O)CCC2. The summed E-state index contributed by atoms with van der Waals surface area (Å²) in [6, 6.07) is 0. The lowest BCUT2D eigenvalue weighted by atomic mass is 10.1. The van der Waals surface area contributed by atoms with Crippen LogP contribution in [0.2, 0.25) is 0 Å². The number of fused-ring (bicyclic) bond motifs is 1. The summed E-state index contributed by atoms with van der Waals surface area (Å²) in [5, 5.41) is 3.17. The maximum absolute atomic E-state index is 12.3. The molecule has 3 rings (SSSR count). The molecule has 7 heteroatoms. The fraction of sp³-hybridized carbons (Fsp3) is 0.500. The minimum atomic E-state index is -0.921. The van der Waals surface area contributed by atoms with Gasteiger partial charge in [0.1, 0.15) is 5.00 Å². The van der Waals surface area contributed by atoms with Crippen molar-refractivity contribution in [2.24, 2.45) is 11.7 Å². The average molecular weight is 362 g/mol. The molecule has 25 heavy (non-hydrogen) atoms. The van der Waals surface area contributed by atoms with Crippen LogP contribution in [0.1, 0.15) is 53.4 Å². The topological polar surface area (TPSA) is 98.5 Å². The van der Waals surface area contributed by atoms with Gasteiger partial charge in [0.2, 0.25) is 0 Å². The normalized spacial score (nSPS) is 19.5. The van der Waals surface area contributed by atoms with Gasteiger partial charge in [-0.2, -0.15) is 0 Å². The number of rotatable bonds is 6. The van der Waals surface area contributed by atoms with Crippen molar-refractivity contribution in [3.8, 4) is 0 Å². The summed E-state index contributed by atoms with van der Waals surface area (Å²) in [7, 11) is 0. The Hall–Kier alpha value is -2.15. The molecule has 2 atom stereocenters. The van der Waals surface area contributed by atoms with Gasteiger partial charge in [0.05, 0.1) is 12.0 Å². The van der Waals surface area contributed by atoms with Gasteiger partial charge < -0.3 is 15.8 Å². The molecule has 0 aliphatic heterocycles. The van der Waals surface area contributed by atoms with Crippen LogP contribution in [-0.4, -0.2) is 23.9 Å². The van der Waals surface area contributed by atoms with E-state index in [4.69, 9.17) is 10.5 Å². The first-order valence-corrected chi connectivity index (χ1v) is 9.38. The summed E-state index contributed by atoms with van der Waals surface area (Å²) < 4.78 is 5.23. The molecule has 0 aromatic carbocycles. The van der Waals surface area contributed by atoms with E-state index in [1.807, 2.05) is 6.08 Å². The van der Waals surface area contributed by atoms with Gasteiger partial charge in [-0.3, -0.25) is 14.4 Å². The van der Waals surface area contributed by atoms with Gasteiger partial charge in [0.15, 0.2) is 6.10 Å². The van der Waals surface area contributed by atoms with Gasteiger partial charge in [-0.1, -0.05) is 12.2 Å². The number of allylic oxidation sites excluding steroid dienone is 2. The number of nitrogens with two attached hydrogens (primary N) is 1. The van der Waals surface area contributed by atoms with E-state index in [1.165, 1.54) is 18.3 Å². The molecule has 0 radical (unpaired) electrons. The van der Waals surface area contributed by atoms with Gasteiger partial charge in [-0.25, -0.2) is 0 Å². The summed E-state index contributed by atoms with van der Waals surface area (Å²) in [6.07, 6.45) is 8.05. The minimum Gasteiger partial charge on any atom is -0.453 e. The van der Waals surface area contributed by atoms with Crippen molar-refractivity contribution < 1.29 is 19.1 Å². The quantitative estimate of drug-likeness (QED) is 0.600. The standard InChI is InChI=1S/C18H22N2O4S/c1-10(24-14(21)9-11-5-2-3-6-11)17(23)20-18-15(16(19)22)12-7-4-8-13(12)25-18/h2,5,10-11H,3-4,6-9H2,1H3,(H2,19,22)(H,20,23)/t10-,11-/m0/s1. The number of carbonyl (C=O) groups is 3. The van der Waals surface area contributed by atoms with E-state index >= 15 is 0 Å². The Balaban J connectivity index is 1.61. The van der Waals surface area contributed by atoms with E-state index in [-0.39, 0.29) is 18.3 Å². The maximum Gasteiger partial charge on any atom is 0.307 e. The molecule has 0 fully saturated rings. The monoisotopic (exact) mass is 362 g/mol. The van der Waals surface area contributed by atoms with Crippen LogP contribution in [0.3, 0.4) is 0 Å². The number of amides is 2. The summed E-state index contributed by atoms with van der Waals surface area (Å²) in [4.78, 5) is 37.1. The summed E-state index contributed by atoms with van der Waals surface area (Å²) >= 11 is 1.39. The molecular weight excluding hydrogens is 340 g/mol. The van der Waals surface area contributed by atoms with Crippen LogP contribution in [0, 0.1) is 5.92 Å². The molecule has 1 heterocycles. The highest BCUT2D eigenvalue weighted by Crippen LogP contribution is 2.38. The van der Waals surface area contributed by atoms with Crippen LogP contribution in [0.5, 0.6) is 0 Å². The number of thiophene rings is 1. The maximum atomic E-state index is 12.3. The zero-order valence-electron chi connectivity index (χ0n) is 14.2. The molecule has 1 aromatic rings. The predicted molar refractivity (Wildman–Crippen MR) is 95.5 cm³/mol. The van der Waals surface area contributed by atoms with Gasteiger partial charge in [-0.05, 0) is 50.5 Å². The molecule has 0 saturated heterocycles. The van der Waals surface area contributed by atoms with E-state index in [1.54, 1.807) is 0 Å². The van der Waals surface area contributed by atoms with Gasteiger partial charge in [0, 0.05) is 4.88 Å². The second-order valence-corrected chi connectivity index (χ2v) is 7.62. The molecule has 3 N–H and O–H groups in total. The van der Waals surface area contributed by atoms with E-state index < -0.39 is 17.9 Å². The summed E-state index contributed by atoms with van der Waals surface area (Å²) in [6.45, 7) is 1.53. The zero-order chi connectivity index (χ0) is 18.0. The highest BCUT2D eigenvalue weighted by atomic mass is 32.1. The van der Waals surface area contributed by atoms with E-state index in [9.17, 15) is 14.4 Å². The molecule has 2 amide bonds. The highest BCUT2D eigenvalue weighted by molar-refractivity contribution is 7.17. The predicted octanol–water partition coefficient (Wildman–Crippen LogP) is 2.56. The number of ether oxygens (including phenoxy) is 1. The summed E-state index contributed by atoms with van der Waals surface area (Å²) in [5.41, 5.74) is 6.83. The third kappa shape index (κ3) is 3.92. The molecule has 0 unspecified atom stereocenters. The van der Waals surface area contributed by atoms with Gasteiger partial charge in [-0.15, -0.1) is 11.3 Å². The van der Waals surface area contributed by atoms with Crippen LogP contribution < -0.4 is 11.1 Å². The molecule has 2 aliphatic rings. The number of hydrogen-bond donors (Lipinski definition) is 2. The number of carbonyl (C=O) groups excluding carboxylic acids is 3. The second-order valence-electron chi connectivity index (χ2n) is 6.52. The molecule has 0 saturated carbocycles. The van der Waals surface area contributed by atoms with Crippen LogP contribution in [-0.2, 0) is 27.2 Å². The van der Waals surface area contributed by atoms with Crippen molar-refractivity contribution in [2.45, 2.75) is 51.6 Å². The average Bonchev–Trinajstić information content (AvgIpc) is 3.23. The van der Waals surface area contributed by atoms with Crippen molar-refractivity contribution in [1.29, 1.82) is 0 Å². The Bertz CT molecular complexity index is 738. The Morgan fingerprint density at radius 3 is 2.88 bits per heavy atom. The Kier molecular flexibility index (Phi) is 5.22. The van der Waals surface area contributed by atoms with Crippen molar-refractivity contribution in [3.63, 3.8) is 0 Å². The highest BCUT2D eigenvalue weighted by Gasteiger charge is 2.28. The lowest BCUT2D eigenvalue weighted by Gasteiger charge is -2.15. The molecular formula is C18H22N2O4S. The Morgan fingerprint density at radius 1 is 1.40 bits per heavy atom. The third-order valence-corrected chi connectivity index (χ3v) is 5.83. The number of esters is 1. The first-order chi connectivity index (χ1) is 12.0. The largest absolute Gasteiger partial charge is 0.453 e. The Morgan fingerprint density at radius 2 is 2.20 bits per heavy atom. The lowest BCUT2D eigenvalue weighted by molar-refractivity contribution is -0.153. The van der Waals surface area contributed by atoms with Crippen LogP contribution in [0.15, 0.2) is 12.2 Å². The molecule has 2 aliphatic carbocycles. The lowest BCUT2D eigenvalue weighted by Crippen LogP contribution is -2.31. The Labute approximate surface area is 150 Å².